The number of primary amides is 1. The summed E-state index contributed by atoms with van der Waals surface area (Å²) in [6.07, 6.45) is 0.224. The van der Waals surface area contributed by atoms with Gasteiger partial charge in [-0.2, -0.15) is 15.0 Å². The lowest BCUT2D eigenvalue weighted by Crippen LogP contribution is -2.56. The van der Waals surface area contributed by atoms with E-state index in [1.54, 1.807) is 6.92 Å². The smallest absolute Gasteiger partial charge is 0.243 e. The zero-order chi connectivity index (χ0) is 21.7. The Hall–Kier alpha value is -3.47. The van der Waals surface area contributed by atoms with E-state index in [1.165, 1.54) is 0 Å². The van der Waals surface area contributed by atoms with E-state index in [9.17, 15) is 14.4 Å². The molecule has 158 valence electrons. The van der Waals surface area contributed by atoms with Gasteiger partial charge in [-0.05, 0) is 24.1 Å². The number of hydrogen-bond donors (Lipinski definition) is 5. The SMILES string of the molecule is C[C@@H]1Nc2nc(Cl)nc(n2)NC[C@H](C(N)=O)NC(=O)[C@H](Cc2ccccc2)NC1=O. The molecular weight excluding hydrogens is 412 g/mol. The number of halogens is 1. The minimum absolute atomic E-state index is 0.0608. The molecule has 12 heteroatoms. The van der Waals surface area contributed by atoms with Crippen LogP contribution in [-0.2, 0) is 20.8 Å². The van der Waals surface area contributed by atoms with Gasteiger partial charge in [0.25, 0.3) is 0 Å². The number of carbonyl (C=O) groups is 3. The number of amides is 3. The molecule has 2 bridgehead atoms. The van der Waals surface area contributed by atoms with Gasteiger partial charge in [0.05, 0.1) is 0 Å². The first-order valence-corrected chi connectivity index (χ1v) is 9.55. The second-order valence-corrected chi connectivity index (χ2v) is 7.05. The first kappa shape index (κ1) is 21.2. The number of aromatic nitrogens is 3. The van der Waals surface area contributed by atoms with E-state index in [4.69, 9.17) is 17.3 Å². The summed E-state index contributed by atoms with van der Waals surface area (Å²) in [5.41, 5.74) is 6.26. The van der Waals surface area contributed by atoms with Crippen LogP contribution in [0.4, 0.5) is 11.9 Å². The van der Waals surface area contributed by atoms with Gasteiger partial charge < -0.3 is 27.0 Å². The Bertz CT molecular complexity index is 942. The summed E-state index contributed by atoms with van der Waals surface area (Å²) in [4.78, 5) is 49.4. The van der Waals surface area contributed by atoms with Crippen LogP contribution < -0.4 is 27.0 Å². The lowest BCUT2D eigenvalue weighted by Gasteiger charge is -2.23. The third-order valence-corrected chi connectivity index (χ3v) is 4.56. The van der Waals surface area contributed by atoms with Crippen molar-refractivity contribution in [3.8, 4) is 0 Å². The van der Waals surface area contributed by atoms with E-state index in [-0.39, 0.29) is 30.1 Å². The zero-order valence-corrected chi connectivity index (χ0v) is 16.8. The van der Waals surface area contributed by atoms with E-state index in [2.05, 4.69) is 36.2 Å². The number of benzene rings is 1. The first-order chi connectivity index (χ1) is 14.3. The van der Waals surface area contributed by atoms with Crippen LogP contribution in [-0.4, -0.2) is 57.3 Å². The van der Waals surface area contributed by atoms with Crippen molar-refractivity contribution in [1.29, 1.82) is 0 Å². The predicted molar refractivity (Wildman–Crippen MR) is 110 cm³/mol. The van der Waals surface area contributed by atoms with Gasteiger partial charge >= 0.3 is 0 Å². The average molecular weight is 433 g/mol. The molecule has 2 heterocycles. The second-order valence-electron chi connectivity index (χ2n) is 6.71. The highest BCUT2D eigenvalue weighted by molar-refractivity contribution is 6.28. The summed E-state index contributed by atoms with van der Waals surface area (Å²) < 4.78 is 0. The number of hydrogen-bond acceptors (Lipinski definition) is 8. The second kappa shape index (κ2) is 9.35. The summed E-state index contributed by atoms with van der Waals surface area (Å²) in [5.74, 6) is -1.65. The van der Waals surface area contributed by atoms with Gasteiger partial charge in [-0.25, -0.2) is 0 Å². The van der Waals surface area contributed by atoms with Gasteiger partial charge in [0, 0.05) is 13.0 Å². The molecule has 1 aromatic heterocycles. The van der Waals surface area contributed by atoms with Crippen molar-refractivity contribution in [2.75, 3.05) is 17.2 Å². The Morgan fingerprint density at radius 2 is 1.77 bits per heavy atom. The van der Waals surface area contributed by atoms with E-state index in [0.29, 0.717) is 0 Å². The Morgan fingerprint density at radius 1 is 1.07 bits per heavy atom. The molecule has 3 rings (SSSR count). The average Bonchev–Trinajstić information content (AvgIpc) is 2.70. The van der Waals surface area contributed by atoms with Crippen LogP contribution in [0.3, 0.4) is 0 Å². The van der Waals surface area contributed by atoms with Crippen molar-refractivity contribution in [3.63, 3.8) is 0 Å². The van der Waals surface area contributed by atoms with Crippen LogP contribution in [0.1, 0.15) is 12.5 Å². The largest absolute Gasteiger partial charge is 0.368 e. The van der Waals surface area contributed by atoms with Crippen molar-refractivity contribution in [3.05, 3.63) is 41.2 Å². The lowest BCUT2D eigenvalue weighted by atomic mass is 10.0. The summed E-state index contributed by atoms with van der Waals surface area (Å²) in [7, 11) is 0. The molecule has 6 N–H and O–H groups in total. The van der Waals surface area contributed by atoms with Crippen molar-refractivity contribution in [1.82, 2.24) is 25.6 Å². The summed E-state index contributed by atoms with van der Waals surface area (Å²) in [6.45, 7) is 1.51. The number of anilines is 2. The number of rotatable bonds is 3. The standard InChI is InChI=1S/C18H21ClN8O3/c1-9-14(29)23-11(7-10-5-3-2-4-6-10)15(30)24-12(13(20)28)8-21-17-25-16(19)26-18(22-9)27-17/h2-6,9,11-12H,7-8H2,1H3,(H2,20,28)(H,23,29)(H,24,30)(H2,21,22,25,26,27)/t9-,11-,12+/m0/s1. The number of nitrogens with zero attached hydrogens (tertiary/aromatic N) is 3. The number of carbonyl (C=O) groups excluding carboxylic acids is 3. The maximum Gasteiger partial charge on any atom is 0.243 e. The van der Waals surface area contributed by atoms with E-state index >= 15 is 0 Å². The van der Waals surface area contributed by atoms with Gasteiger partial charge in [0.15, 0.2) is 0 Å². The molecule has 0 spiro atoms. The van der Waals surface area contributed by atoms with Crippen molar-refractivity contribution < 1.29 is 14.4 Å². The quantitative estimate of drug-likeness (QED) is 0.431. The first-order valence-electron chi connectivity index (χ1n) is 9.18. The topological polar surface area (TPSA) is 164 Å². The highest BCUT2D eigenvalue weighted by atomic mass is 35.5. The van der Waals surface area contributed by atoms with E-state index < -0.39 is 35.8 Å². The normalized spacial score (nSPS) is 22.1. The van der Waals surface area contributed by atoms with Crippen molar-refractivity contribution >= 4 is 41.2 Å². The fourth-order valence-corrected chi connectivity index (χ4v) is 2.96. The lowest BCUT2D eigenvalue weighted by molar-refractivity contribution is -0.131. The molecule has 1 aliphatic rings. The van der Waals surface area contributed by atoms with Crippen LogP contribution in [0, 0.1) is 0 Å². The molecule has 3 atom stereocenters. The van der Waals surface area contributed by atoms with Gasteiger partial charge in [-0.3, -0.25) is 14.4 Å². The fourth-order valence-electron chi connectivity index (χ4n) is 2.80. The highest BCUT2D eigenvalue weighted by Crippen LogP contribution is 2.12. The molecule has 11 nitrogen and oxygen atoms in total. The minimum Gasteiger partial charge on any atom is -0.368 e. The molecule has 0 saturated heterocycles. The number of nitrogens with two attached hydrogens (primary N) is 1. The van der Waals surface area contributed by atoms with Crippen molar-refractivity contribution in [2.24, 2.45) is 5.73 Å². The molecular formula is C18H21ClN8O3. The van der Waals surface area contributed by atoms with E-state index in [1.807, 2.05) is 30.3 Å². The Kier molecular flexibility index (Phi) is 6.62. The molecule has 3 amide bonds. The fraction of sp³-hybridized carbons (Fsp3) is 0.333. The number of fused-ring (bicyclic) bond motifs is 2. The van der Waals surface area contributed by atoms with Crippen LogP contribution in [0.15, 0.2) is 30.3 Å². The molecule has 30 heavy (non-hydrogen) atoms. The molecule has 0 saturated carbocycles. The molecule has 0 radical (unpaired) electrons. The number of nitrogens with one attached hydrogen (secondary N) is 4. The molecule has 0 aliphatic carbocycles. The molecule has 2 aromatic rings. The van der Waals surface area contributed by atoms with Crippen molar-refractivity contribution in [2.45, 2.75) is 31.5 Å². The van der Waals surface area contributed by atoms with E-state index in [0.717, 1.165) is 5.56 Å². The third kappa shape index (κ3) is 5.54. The molecule has 0 fully saturated rings. The van der Waals surface area contributed by atoms with Crippen LogP contribution in [0.5, 0.6) is 0 Å². The van der Waals surface area contributed by atoms with Gasteiger partial charge in [-0.1, -0.05) is 30.3 Å². The Labute approximate surface area is 177 Å². The van der Waals surface area contributed by atoms with Gasteiger partial charge in [0.1, 0.15) is 18.1 Å². The van der Waals surface area contributed by atoms with Crippen LogP contribution in [0.2, 0.25) is 5.28 Å². The summed E-state index contributed by atoms with van der Waals surface area (Å²) in [5, 5.41) is 10.8. The predicted octanol–water partition coefficient (Wildman–Crippen LogP) is -0.551. The molecule has 1 aliphatic heterocycles. The van der Waals surface area contributed by atoms with Gasteiger partial charge in [0.2, 0.25) is 34.9 Å². The Balaban J connectivity index is 1.91. The van der Waals surface area contributed by atoms with Crippen LogP contribution >= 0.6 is 11.6 Å². The minimum atomic E-state index is -1.07. The third-order valence-electron chi connectivity index (χ3n) is 4.39. The van der Waals surface area contributed by atoms with Gasteiger partial charge in [-0.15, -0.1) is 0 Å². The molecule has 1 aromatic carbocycles. The maximum absolute atomic E-state index is 12.9. The zero-order valence-electron chi connectivity index (χ0n) is 16.1. The summed E-state index contributed by atoms with van der Waals surface area (Å²) in [6, 6.07) is 6.39. The summed E-state index contributed by atoms with van der Waals surface area (Å²) >= 11 is 5.90. The molecule has 0 unspecified atom stereocenters. The maximum atomic E-state index is 12.9. The van der Waals surface area contributed by atoms with Crippen LogP contribution in [0.25, 0.3) is 0 Å². The highest BCUT2D eigenvalue weighted by Gasteiger charge is 2.28. The monoisotopic (exact) mass is 432 g/mol. The Morgan fingerprint density at radius 3 is 2.47 bits per heavy atom.